The molecule has 0 aliphatic carbocycles. The third kappa shape index (κ3) is 3.73. The lowest BCUT2D eigenvalue weighted by Crippen LogP contribution is -2.39. The third-order valence-electron chi connectivity index (χ3n) is 5.39. The summed E-state index contributed by atoms with van der Waals surface area (Å²) in [5.74, 6) is 0.879. The lowest BCUT2D eigenvalue weighted by Gasteiger charge is -2.27. The monoisotopic (exact) mass is 397 g/mol. The van der Waals surface area contributed by atoms with Crippen molar-refractivity contribution in [2.75, 3.05) is 4.90 Å². The fourth-order valence-corrected chi connectivity index (χ4v) is 4.04. The van der Waals surface area contributed by atoms with Crippen LogP contribution in [-0.2, 0) is 11.3 Å². The summed E-state index contributed by atoms with van der Waals surface area (Å²) in [6.45, 7) is 8.50. The number of hydrogen-bond donors (Lipinski definition) is 0. The second-order valence-electron chi connectivity index (χ2n) is 8.02. The van der Waals surface area contributed by atoms with Gasteiger partial charge in [-0.2, -0.15) is 0 Å². The van der Waals surface area contributed by atoms with E-state index in [2.05, 4.69) is 32.0 Å². The van der Waals surface area contributed by atoms with Crippen LogP contribution in [0.4, 0.5) is 5.69 Å². The number of anilines is 1. The number of rotatable bonds is 5. The molecule has 4 nitrogen and oxygen atoms in total. The van der Waals surface area contributed by atoms with Crippen molar-refractivity contribution in [1.29, 1.82) is 0 Å². The van der Waals surface area contributed by atoms with Gasteiger partial charge in [-0.3, -0.25) is 4.79 Å². The van der Waals surface area contributed by atoms with Crippen molar-refractivity contribution in [1.82, 2.24) is 9.55 Å². The van der Waals surface area contributed by atoms with Crippen LogP contribution in [0.3, 0.4) is 0 Å². The molecule has 0 radical (unpaired) electrons. The Morgan fingerprint density at radius 2 is 1.67 bits per heavy atom. The molecule has 0 saturated heterocycles. The zero-order chi connectivity index (χ0) is 21.3. The third-order valence-corrected chi connectivity index (χ3v) is 5.39. The van der Waals surface area contributed by atoms with Gasteiger partial charge in [-0.15, -0.1) is 0 Å². The van der Waals surface area contributed by atoms with Gasteiger partial charge < -0.3 is 9.47 Å². The largest absolute Gasteiger partial charge is 0.314 e. The molecule has 1 aromatic heterocycles. The Labute approximate surface area is 177 Å². The maximum atomic E-state index is 13.5. The average molecular weight is 398 g/mol. The highest BCUT2D eigenvalue weighted by atomic mass is 16.2. The van der Waals surface area contributed by atoms with Crippen molar-refractivity contribution in [2.24, 2.45) is 0 Å². The van der Waals surface area contributed by atoms with E-state index in [1.54, 1.807) is 0 Å². The van der Waals surface area contributed by atoms with E-state index in [1.807, 2.05) is 77.9 Å². The van der Waals surface area contributed by atoms with Gasteiger partial charge in [0.1, 0.15) is 12.4 Å². The summed E-state index contributed by atoms with van der Waals surface area (Å²) in [5, 5.41) is 0. The van der Waals surface area contributed by atoms with E-state index < -0.39 is 0 Å². The number of aryl methyl sites for hydroxylation is 2. The lowest BCUT2D eigenvalue weighted by molar-refractivity contribution is -0.119. The number of carbonyl (C=O) groups excluding carboxylic acids is 1. The Morgan fingerprint density at radius 3 is 2.37 bits per heavy atom. The van der Waals surface area contributed by atoms with E-state index in [9.17, 15) is 4.79 Å². The van der Waals surface area contributed by atoms with E-state index >= 15 is 0 Å². The van der Waals surface area contributed by atoms with Crippen LogP contribution in [0.1, 0.15) is 25.0 Å². The van der Waals surface area contributed by atoms with Crippen LogP contribution in [0, 0.1) is 13.8 Å². The molecule has 0 bridgehead atoms. The summed E-state index contributed by atoms with van der Waals surface area (Å²) in [4.78, 5) is 20.3. The summed E-state index contributed by atoms with van der Waals surface area (Å²) >= 11 is 0. The van der Waals surface area contributed by atoms with Gasteiger partial charge in [-0.1, -0.05) is 54.1 Å². The van der Waals surface area contributed by atoms with Crippen LogP contribution in [0.5, 0.6) is 0 Å². The summed E-state index contributed by atoms with van der Waals surface area (Å²) in [7, 11) is 0. The number of hydrogen-bond acceptors (Lipinski definition) is 2. The molecule has 1 amide bonds. The van der Waals surface area contributed by atoms with Gasteiger partial charge in [0.05, 0.1) is 11.0 Å². The van der Waals surface area contributed by atoms with Crippen LogP contribution >= 0.6 is 0 Å². The van der Waals surface area contributed by atoms with Crippen molar-refractivity contribution >= 4 is 22.6 Å². The highest BCUT2D eigenvalue weighted by Crippen LogP contribution is 2.28. The lowest BCUT2D eigenvalue weighted by atomic mass is 10.1. The fourth-order valence-electron chi connectivity index (χ4n) is 4.04. The number of fused-ring (bicyclic) bond motifs is 1. The van der Waals surface area contributed by atoms with Crippen LogP contribution < -0.4 is 4.90 Å². The molecule has 4 aromatic rings. The second-order valence-corrected chi connectivity index (χ2v) is 8.02. The fraction of sp³-hybridized carbons (Fsp3) is 0.231. The number of nitrogens with zero attached hydrogens (tertiary/aromatic N) is 3. The second kappa shape index (κ2) is 8.15. The number of aromatic nitrogens is 2. The van der Waals surface area contributed by atoms with E-state index in [4.69, 9.17) is 4.98 Å². The maximum Gasteiger partial charge on any atom is 0.247 e. The smallest absolute Gasteiger partial charge is 0.247 e. The maximum absolute atomic E-state index is 13.5. The quantitative estimate of drug-likeness (QED) is 0.429. The molecule has 1 heterocycles. The predicted octanol–water partition coefficient (Wildman–Crippen LogP) is 5.76. The molecule has 30 heavy (non-hydrogen) atoms. The molecule has 4 heteroatoms. The van der Waals surface area contributed by atoms with Crippen molar-refractivity contribution in [2.45, 2.75) is 40.3 Å². The highest BCUT2D eigenvalue weighted by Gasteiger charge is 2.22. The van der Waals surface area contributed by atoms with Crippen molar-refractivity contribution < 1.29 is 4.79 Å². The number of carbonyl (C=O) groups is 1. The highest BCUT2D eigenvalue weighted by molar-refractivity contribution is 5.95. The van der Waals surface area contributed by atoms with Crippen molar-refractivity contribution in [3.05, 3.63) is 83.9 Å². The first-order valence-corrected chi connectivity index (χ1v) is 10.4. The minimum Gasteiger partial charge on any atom is -0.314 e. The number of amides is 1. The van der Waals surface area contributed by atoms with Gasteiger partial charge >= 0.3 is 0 Å². The first-order valence-electron chi connectivity index (χ1n) is 10.4. The van der Waals surface area contributed by atoms with Crippen LogP contribution in [-0.4, -0.2) is 21.5 Å². The van der Waals surface area contributed by atoms with E-state index in [0.29, 0.717) is 0 Å². The molecule has 0 aliphatic rings. The average Bonchev–Trinajstić information content (AvgIpc) is 3.07. The minimum atomic E-state index is 0.0466. The molecule has 0 fully saturated rings. The van der Waals surface area contributed by atoms with Crippen molar-refractivity contribution in [3.8, 4) is 11.4 Å². The molecule has 0 N–H and O–H groups in total. The minimum absolute atomic E-state index is 0.0466. The molecule has 4 rings (SSSR count). The Kier molecular flexibility index (Phi) is 5.40. The van der Waals surface area contributed by atoms with Crippen LogP contribution in [0.25, 0.3) is 22.4 Å². The summed E-state index contributed by atoms with van der Waals surface area (Å²) in [5.41, 5.74) is 6.21. The Balaban J connectivity index is 1.81. The van der Waals surface area contributed by atoms with Gasteiger partial charge in [0, 0.05) is 17.3 Å². The molecule has 3 aromatic carbocycles. The number of para-hydroxylation sites is 3. The van der Waals surface area contributed by atoms with Crippen molar-refractivity contribution in [3.63, 3.8) is 0 Å². The normalized spacial score (nSPS) is 11.2. The SMILES string of the molecule is Cc1ccc(-c2nc3ccccc3n2CC(=O)N(c2ccccc2)C(C)C)c(C)c1. The Hall–Kier alpha value is -3.40. The van der Waals surface area contributed by atoms with E-state index in [-0.39, 0.29) is 18.5 Å². The Morgan fingerprint density at radius 1 is 0.967 bits per heavy atom. The molecule has 0 spiro atoms. The van der Waals surface area contributed by atoms with Gasteiger partial charge in [-0.05, 0) is 57.5 Å². The molecule has 0 atom stereocenters. The molecule has 0 unspecified atom stereocenters. The molecule has 152 valence electrons. The van der Waals surface area contributed by atoms with Gasteiger partial charge in [0.2, 0.25) is 5.91 Å². The predicted molar refractivity (Wildman–Crippen MR) is 124 cm³/mol. The molecular formula is C26H27N3O. The van der Waals surface area contributed by atoms with Gasteiger partial charge in [-0.25, -0.2) is 4.98 Å². The van der Waals surface area contributed by atoms with Crippen LogP contribution in [0.15, 0.2) is 72.8 Å². The zero-order valence-corrected chi connectivity index (χ0v) is 18.0. The molecular weight excluding hydrogens is 370 g/mol. The molecule has 0 saturated carbocycles. The summed E-state index contributed by atoms with van der Waals surface area (Å²) in [6, 6.07) is 24.3. The molecule has 0 aliphatic heterocycles. The first-order chi connectivity index (χ1) is 14.5. The summed E-state index contributed by atoms with van der Waals surface area (Å²) in [6.07, 6.45) is 0. The van der Waals surface area contributed by atoms with E-state index in [0.717, 1.165) is 33.7 Å². The number of imidazole rings is 1. The first kappa shape index (κ1) is 19.9. The zero-order valence-electron chi connectivity index (χ0n) is 18.0. The Bertz CT molecular complexity index is 1190. The van der Waals surface area contributed by atoms with Gasteiger partial charge in [0.25, 0.3) is 0 Å². The topological polar surface area (TPSA) is 38.1 Å². The van der Waals surface area contributed by atoms with E-state index in [1.165, 1.54) is 5.56 Å². The summed E-state index contributed by atoms with van der Waals surface area (Å²) < 4.78 is 2.05. The number of benzene rings is 3. The standard InChI is InChI=1S/C26H27N3O/c1-18(2)29(21-10-6-5-7-11-21)25(30)17-28-24-13-9-8-12-23(24)27-26(28)22-15-14-19(3)16-20(22)4/h5-16,18H,17H2,1-4H3. The van der Waals surface area contributed by atoms with Gasteiger partial charge in [0.15, 0.2) is 0 Å². The van der Waals surface area contributed by atoms with Crippen LogP contribution in [0.2, 0.25) is 0 Å².